The van der Waals surface area contributed by atoms with Gasteiger partial charge in [0.25, 0.3) is 0 Å². The van der Waals surface area contributed by atoms with E-state index in [-0.39, 0.29) is 5.82 Å². The SMILES string of the molecule is C=CN(C)CC1=Nc2sc3c(c2C(=C)N1c1ccc(F)cc1C)CCN(C)C3. The van der Waals surface area contributed by atoms with Crippen LogP contribution in [0.4, 0.5) is 15.1 Å². The number of rotatable bonds is 4. The van der Waals surface area contributed by atoms with E-state index in [0.29, 0.717) is 6.54 Å². The van der Waals surface area contributed by atoms with Gasteiger partial charge in [-0.3, -0.25) is 4.90 Å². The van der Waals surface area contributed by atoms with Gasteiger partial charge in [-0.25, -0.2) is 9.38 Å². The van der Waals surface area contributed by atoms with E-state index in [9.17, 15) is 4.39 Å². The summed E-state index contributed by atoms with van der Waals surface area (Å²) in [5.74, 6) is 0.642. The van der Waals surface area contributed by atoms with Crippen molar-refractivity contribution in [2.24, 2.45) is 4.99 Å². The van der Waals surface area contributed by atoms with Crippen molar-refractivity contribution in [2.45, 2.75) is 19.9 Å². The van der Waals surface area contributed by atoms with E-state index in [1.807, 2.05) is 24.9 Å². The van der Waals surface area contributed by atoms with Crippen LogP contribution in [0.15, 0.2) is 42.5 Å². The molecule has 0 radical (unpaired) electrons. The predicted molar refractivity (Wildman–Crippen MR) is 117 cm³/mol. The lowest BCUT2D eigenvalue weighted by molar-refractivity contribution is 0.317. The number of thiophene rings is 1. The molecule has 2 aliphatic heterocycles. The fourth-order valence-electron chi connectivity index (χ4n) is 3.88. The maximum Gasteiger partial charge on any atom is 0.134 e. The summed E-state index contributed by atoms with van der Waals surface area (Å²) in [6, 6.07) is 4.87. The highest BCUT2D eigenvalue weighted by molar-refractivity contribution is 7.16. The first-order chi connectivity index (χ1) is 13.4. The van der Waals surface area contributed by atoms with Crippen LogP contribution in [0.5, 0.6) is 0 Å². The lowest BCUT2D eigenvalue weighted by Gasteiger charge is -2.34. The van der Waals surface area contributed by atoms with E-state index in [0.717, 1.165) is 52.9 Å². The minimum atomic E-state index is -0.234. The Hall–Kier alpha value is -2.44. The van der Waals surface area contributed by atoms with E-state index in [1.54, 1.807) is 23.6 Å². The fourth-order valence-corrected chi connectivity index (χ4v) is 5.22. The Morgan fingerprint density at radius 2 is 2.18 bits per heavy atom. The summed E-state index contributed by atoms with van der Waals surface area (Å²) in [5.41, 5.74) is 5.23. The minimum absolute atomic E-state index is 0.234. The molecule has 0 aliphatic carbocycles. The Morgan fingerprint density at radius 1 is 1.39 bits per heavy atom. The molecule has 28 heavy (non-hydrogen) atoms. The van der Waals surface area contributed by atoms with Gasteiger partial charge in [0.05, 0.1) is 17.9 Å². The molecule has 0 atom stereocenters. The van der Waals surface area contributed by atoms with Gasteiger partial charge in [-0.2, -0.15) is 0 Å². The molecule has 0 unspecified atom stereocenters. The molecule has 0 bridgehead atoms. The van der Waals surface area contributed by atoms with Crippen molar-refractivity contribution in [2.75, 3.05) is 32.1 Å². The second-order valence-electron chi connectivity index (χ2n) is 7.51. The second kappa shape index (κ2) is 7.18. The standard InChI is InChI=1S/C22H25FN4S/c1-6-25(4)13-20-24-22-21(17-9-10-26(5)12-19(17)28-22)15(3)27(20)18-8-7-16(23)11-14(18)2/h6-8,11H,1,3,9-10,12-13H2,2,4-5H3. The van der Waals surface area contributed by atoms with Crippen molar-refractivity contribution >= 4 is 33.6 Å². The third-order valence-corrected chi connectivity index (χ3v) is 6.49. The Morgan fingerprint density at radius 3 is 2.89 bits per heavy atom. The number of likely N-dealkylation sites (N-methyl/N-ethyl adjacent to an activating group) is 2. The second-order valence-corrected chi connectivity index (χ2v) is 8.59. The van der Waals surface area contributed by atoms with Gasteiger partial charge in [0.1, 0.15) is 16.7 Å². The zero-order valence-corrected chi connectivity index (χ0v) is 17.4. The lowest BCUT2D eigenvalue weighted by Crippen LogP contribution is -2.38. The molecular weight excluding hydrogens is 371 g/mol. The third-order valence-electron chi connectivity index (χ3n) is 5.38. The van der Waals surface area contributed by atoms with Crippen LogP contribution < -0.4 is 4.90 Å². The molecular formula is C22H25FN4S. The summed E-state index contributed by atoms with van der Waals surface area (Å²) in [6.07, 6.45) is 2.79. The van der Waals surface area contributed by atoms with Gasteiger partial charge in [-0.05, 0) is 55.9 Å². The lowest BCUT2D eigenvalue weighted by atomic mass is 9.99. The largest absolute Gasteiger partial charge is 0.374 e. The van der Waals surface area contributed by atoms with E-state index in [1.165, 1.54) is 16.5 Å². The van der Waals surface area contributed by atoms with Gasteiger partial charge in [0, 0.05) is 30.6 Å². The Kier molecular flexibility index (Phi) is 4.85. The van der Waals surface area contributed by atoms with Crippen LogP contribution in [-0.2, 0) is 13.0 Å². The molecule has 2 aromatic rings. The fraction of sp³-hybridized carbons (Fsp3) is 0.318. The van der Waals surface area contributed by atoms with Crippen molar-refractivity contribution in [1.29, 1.82) is 0 Å². The number of hydrogen-bond donors (Lipinski definition) is 0. The first-order valence-corrected chi connectivity index (χ1v) is 10.2. The molecule has 4 nitrogen and oxygen atoms in total. The van der Waals surface area contributed by atoms with E-state index >= 15 is 0 Å². The van der Waals surface area contributed by atoms with Crippen molar-refractivity contribution in [3.8, 4) is 0 Å². The first kappa shape index (κ1) is 18.9. The summed E-state index contributed by atoms with van der Waals surface area (Å²) in [5, 5.41) is 1.04. The van der Waals surface area contributed by atoms with Crippen LogP contribution >= 0.6 is 11.3 Å². The highest BCUT2D eigenvalue weighted by atomic mass is 32.1. The van der Waals surface area contributed by atoms with E-state index in [4.69, 9.17) is 4.99 Å². The van der Waals surface area contributed by atoms with Gasteiger partial charge >= 0.3 is 0 Å². The molecule has 0 amide bonds. The van der Waals surface area contributed by atoms with E-state index < -0.39 is 0 Å². The Bertz CT molecular complexity index is 991. The van der Waals surface area contributed by atoms with Crippen molar-refractivity contribution in [1.82, 2.24) is 9.80 Å². The number of aliphatic imine (C=N–C) groups is 1. The monoisotopic (exact) mass is 396 g/mol. The summed E-state index contributed by atoms with van der Waals surface area (Å²) in [4.78, 5) is 12.8. The smallest absolute Gasteiger partial charge is 0.134 e. The topological polar surface area (TPSA) is 22.1 Å². The highest BCUT2D eigenvalue weighted by Gasteiger charge is 2.33. The molecule has 4 rings (SSSR count). The molecule has 6 heteroatoms. The summed E-state index contributed by atoms with van der Waals surface area (Å²) < 4.78 is 13.7. The normalized spacial score (nSPS) is 16.5. The van der Waals surface area contributed by atoms with Crippen LogP contribution in [0.1, 0.15) is 21.6 Å². The molecule has 2 aliphatic rings. The number of benzene rings is 1. The predicted octanol–water partition coefficient (Wildman–Crippen LogP) is 4.78. The van der Waals surface area contributed by atoms with Crippen LogP contribution in [0.25, 0.3) is 5.70 Å². The van der Waals surface area contributed by atoms with Crippen LogP contribution in [0.2, 0.25) is 0 Å². The first-order valence-electron chi connectivity index (χ1n) is 9.38. The Balaban J connectivity index is 1.86. The minimum Gasteiger partial charge on any atom is -0.374 e. The average molecular weight is 397 g/mol. The molecule has 0 spiro atoms. The molecule has 0 N–H and O–H groups in total. The Labute approximate surface area is 169 Å². The highest BCUT2D eigenvalue weighted by Crippen LogP contribution is 2.47. The molecule has 146 valence electrons. The third kappa shape index (κ3) is 3.16. The number of fused-ring (bicyclic) bond motifs is 3. The number of nitrogens with zero attached hydrogens (tertiary/aromatic N) is 4. The van der Waals surface area contributed by atoms with Gasteiger partial charge in [-0.15, -0.1) is 11.3 Å². The van der Waals surface area contributed by atoms with Crippen LogP contribution in [-0.4, -0.2) is 42.8 Å². The van der Waals surface area contributed by atoms with Crippen molar-refractivity contribution < 1.29 is 4.39 Å². The number of amidine groups is 1. The van der Waals surface area contributed by atoms with Crippen LogP contribution in [0, 0.1) is 12.7 Å². The maximum absolute atomic E-state index is 13.7. The zero-order valence-electron chi connectivity index (χ0n) is 16.6. The molecule has 0 saturated heterocycles. The number of hydrogen-bond acceptors (Lipinski definition) is 5. The number of anilines is 1. The molecule has 3 heterocycles. The molecule has 0 fully saturated rings. The summed E-state index contributed by atoms with van der Waals surface area (Å²) in [7, 11) is 4.12. The van der Waals surface area contributed by atoms with Gasteiger partial charge < -0.3 is 9.80 Å². The molecule has 0 saturated carbocycles. The van der Waals surface area contributed by atoms with Gasteiger partial charge in [-0.1, -0.05) is 13.2 Å². The van der Waals surface area contributed by atoms with E-state index in [2.05, 4.69) is 30.0 Å². The molecule has 1 aromatic carbocycles. The van der Waals surface area contributed by atoms with Gasteiger partial charge in [0.2, 0.25) is 0 Å². The average Bonchev–Trinajstić information content (AvgIpc) is 3.00. The van der Waals surface area contributed by atoms with Crippen molar-refractivity contribution in [3.63, 3.8) is 0 Å². The summed E-state index contributed by atoms with van der Waals surface area (Å²) in [6.45, 7) is 12.8. The summed E-state index contributed by atoms with van der Waals surface area (Å²) >= 11 is 1.77. The quantitative estimate of drug-likeness (QED) is 0.743. The van der Waals surface area contributed by atoms with Gasteiger partial charge in [0.15, 0.2) is 0 Å². The van der Waals surface area contributed by atoms with Crippen LogP contribution in [0.3, 0.4) is 0 Å². The zero-order chi connectivity index (χ0) is 20.0. The van der Waals surface area contributed by atoms with Crippen molar-refractivity contribution in [3.05, 3.63) is 64.9 Å². The number of aryl methyl sites for hydroxylation is 1. The maximum atomic E-state index is 13.7. The molecule has 1 aromatic heterocycles. The number of halogens is 1.